The zero-order chi connectivity index (χ0) is 20.9. The fraction of sp³-hybridized carbons (Fsp3) is 0.348. The maximum Gasteiger partial charge on any atom is 0.223 e. The molecule has 7 nitrogen and oxygen atoms in total. The fourth-order valence-electron chi connectivity index (χ4n) is 4.12. The second-order valence-electron chi connectivity index (χ2n) is 7.35. The summed E-state index contributed by atoms with van der Waals surface area (Å²) in [5, 5.41) is 8.41. The number of hydrogen-bond acceptors (Lipinski definition) is 5. The third-order valence-corrected chi connectivity index (χ3v) is 5.53. The monoisotopic (exact) mass is 406 g/mol. The minimum absolute atomic E-state index is 0.113. The quantitative estimate of drug-likeness (QED) is 0.620. The predicted octanol–water partition coefficient (Wildman–Crippen LogP) is 3.93. The van der Waals surface area contributed by atoms with Crippen molar-refractivity contribution in [1.29, 1.82) is 0 Å². The van der Waals surface area contributed by atoms with Crippen molar-refractivity contribution in [2.45, 2.75) is 38.3 Å². The molecular weight excluding hydrogens is 380 g/mol. The number of rotatable bonds is 6. The Labute approximate surface area is 176 Å². The third kappa shape index (κ3) is 4.01. The first-order valence-electron chi connectivity index (χ1n) is 10.2. The Bertz CT molecular complexity index is 981. The van der Waals surface area contributed by atoms with Gasteiger partial charge in [-0.15, -0.1) is 0 Å². The summed E-state index contributed by atoms with van der Waals surface area (Å²) < 4.78 is 11.3. The van der Waals surface area contributed by atoms with Gasteiger partial charge >= 0.3 is 0 Å². The zero-order valence-electron chi connectivity index (χ0n) is 17.3. The lowest BCUT2D eigenvalue weighted by atomic mass is 9.98. The van der Waals surface area contributed by atoms with Crippen LogP contribution in [0.5, 0.6) is 11.5 Å². The topological polar surface area (TPSA) is 69.5 Å². The van der Waals surface area contributed by atoms with Gasteiger partial charge in [0, 0.05) is 13.0 Å². The lowest BCUT2D eigenvalue weighted by Crippen LogP contribution is -2.33. The van der Waals surface area contributed by atoms with Crippen LogP contribution < -0.4 is 9.47 Å². The summed E-state index contributed by atoms with van der Waals surface area (Å²) in [7, 11) is 3.31. The number of likely N-dealkylation sites (tertiary alicyclic amines) is 1. The van der Waals surface area contributed by atoms with E-state index in [0.29, 0.717) is 13.0 Å². The first-order valence-corrected chi connectivity index (χ1v) is 10.2. The molecular formula is C23H26N4O3. The molecule has 1 amide bonds. The average Bonchev–Trinajstić information content (AvgIpc) is 3.26. The number of methoxy groups -OCH3 is 2. The van der Waals surface area contributed by atoms with Crippen LogP contribution in [-0.2, 0) is 11.3 Å². The molecule has 3 aromatic rings. The van der Waals surface area contributed by atoms with Crippen LogP contribution in [-0.4, -0.2) is 40.0 Å². The number of amides is 1. The van der Waals surface area contributed by atoms with Gasteiger partial charge in [0.25, 0.3) is 0 Å². The Kier molecular flexibility index (Phi) is 5.97. The predicted molar refractivity (Wildman–Crippen MR) is 113 cm³/mol. The van der Waals surface area contributed by atoms with E-state index in [1.807, 2.05) is 47.4 Å². The molecule has 0 N–H and O–H groups in total. The molecule has 30 heavy (non-hydrogen) atoms. The van der Waals surface area contributed by atoms with Crippen molar-refractivity contribution >= 4 is 5.91 Å². The molecule has 0 aliphatic carbocycles. The van der Waals surface area contributed by atoms with E-state index in [0.717, 1.165) is 47.6 Å². The van der Waals surface area contributed by atoms with Crippen molar-refractivity contribution < 1.29 is 14.3 Å². The van der Waals surface area contributed by atoms with E-state index in [1.54, 1.807) is 31.4 Å². The van der Waals surface area contributed by atoms with Crippen molar-refractivity contribution in [3.63, 3.8) is 0 Å². The lowest BCUT2D eigenvalue weighted by Gasteiger charge is -2.32. The number of aromatic nitrogens is 3. The maximum absolute atomic E-state index is 13.1. The summed E-state index contributed by atoms with van der Waals surface area (Å²) >= 11 is 0. The Morgan fingerprint density at radius 1 is 1.00 bits per heavy atom. The van der Waals surface area contributed by atoms with Crippen molar-refractivity contribution in [2.24, 2.45) is 0 Å². The van der Waals surface area contributed by atoms with Gasteiger partial charge in [0.15, 0.2) is 0 Å². The second-order valence-corrected chi connectivity index (χ2v) is 7.35. The van der Waals surface area contributed by atoms with Crippen molar-refractivity contribution in [2.75, 3.05) is 14.2 Å². The molecule has 1 aliphatic heterocycles. The molecule has 4 rings (SSSR count). The highest BCUT2D eigenvalue weighted by Crippen LogP contribution is 2.42. The molecule has 1 aromatic heterocycles. The highest BCUT2D eigenvalue weighted by Gasteiger charge is 2.32. The zero-order valence-corrected chi connectivity index (χ0v) is 17.3. The van der Waals surface area contributed by atoms with E-state index in [-0.39, 0.29) is 11.9 Å². The summed E-state index contributed by atoms with van der Waals surface area (Å²) in [6.45, 7) is 0.500. The van der Waals surface area contributed by atoms with E-state index >= 15 is 0 Å². The van der Waals surface area contributed by atoms with E-state index < -0.39 is 0 Å². The number of hydrogen-bond donors (Lipinski definition) is 0. The minimum Gasteiger partial charge on any atom is -0.496 e. The molecule has 0 spiro atoms. The van der Waals surface area contributed by atoms with E-state index in [1.165, 1.54) is 0 Å². The van der Waals surface area contributed by atoms with Crippen LogP contribution in [0.1, 0.15) is 42.9 Å². The Morgan fingerprint density at radius 2 is 1.70 bits per heavy atom. The summed E-state index contributed by atoms with van der Waals surface area (Å²) in [4.78, 5) is 16.7. The number of carbonyl (C=O) groups is 1. The molecule has 1 aliphatic rings. The Morgan fingerprint density at radius 3 is 2.40 bits per heavy atom. The summed E-state index contributed by atoms with van der Waals surface area (Å²) in [6, 6.07) is 13.6. The van der Waals surface area contributed by atoms with Crippen molar-refractivity contribution in [3.8, 4) is 17.2 Å². The van der Waals surface area contributed by atoms with Crippen molar-refractivity contribution in [1.82, 2.24) is 19.9 Å². The summed E-state index contributed by atoms with van der Waals surface area (Å²) in [5.41, 5.74) is 2.83. The molecule has 2 heterocycles. The van der Waals surface area contributed by atoms with E-state index in [2.05, 4.69) is 10.2 Å². The van der Waals surface area contributed by atoms with Crippen LogP contribution in [0.25, 0.3) is 5.69 Å². The normalized spacial score (nSPS) is 16.9. The number of ether oxygens (including phenoxy) is 2. The largest absolute Gasteiger partial charge is 0.496 e. The van der Waals surface area contributed by atoms with Gasteiger partial charge in [-0.25, -0.2) is 0 Å². The van der Waals surface area contributed by atoms with Crippen LogP contribution in [0.3, 0.4) is 0 Å². The molecule has 1 atom stereocenters. The summed E-state index contributed by atoms with van der Waals surface area (Å²) in [5.74, 6) is 1.63. The van der Waals surface area contributed by atoms with Gasteiger partial charge < -0.3 is 14.4 Å². The van der Waals surface area contributed by atoms with Gasteiger partial charge in [0.2, 0.25) is 5.91 Å². The van der Waals surface area contributed by atoms with Crippen LogP contribution >= 0.6 is 0 Å². The first-order chi connectivity index (χ1) is 14.7. The molecule has 156 valence electrons. The SMILES string of the molecule is COc1cccc(OC)c1[C@@H]1CCCCC(=O)N1Cc1cccc(-n2nccn2)c1. The standard InChI is InChI=1S/C23H26N4O3/c1-29-20-10-6-11-21(30-2)23(20)19-9-3-4-12-22(28)26(19)16-17-7-5-8-18(15-17)27-24-13-14-25-27/h5-8,10-11,13-15,19H,3-4,9,12,16H2,1-2H3/t19-/m0/s1. The smallest absolute Gasteiger partial charge is 0.223 e. The second kappa shape index (κ2) is 8.98. The highest BCUT2D eigenvalue weighted by molar-refractivity contribution is 5.77. The van der Waals surface area contributed by atoms with Gasteiger partial charge in [0.05, 0.1) is 43.9 Å². The average molecular weight is 406 g/mol. The third-order valence-electron chi connectivity index (χ3n) is 5.53. The van der Waals surface area contributed by atoms with E-state index in [9.17, 15) is 4.79 Å². The molecule has 7 heteroatoms. The van der Waals surface area contributed by atoms with Gasteiger partial charge in [-0.05, 0) is 42.7 Å². The molecule has 0 unspecified atom stereocenters. The van der Waals surface area contributed by atoms with Gasteiger partial charge in [-0.2, -0.15) is 15.0 Å². The number of nitrogens with zero attached hydrogens (tertiary/aromatic N) is 4. The van der Waals surface area contributed by atoms with Crippen LogP contribution in [0.15, 0.2) is 54.9 Å². The van der Waals surface area contributed by atoms with Crippen LogP contribution in [0.4, 0.5) is 0 Å². The maximum atomic E-state index is 13.1. The number of benzene rings is 2. The summed E-state index contributed by atoms with van der Waals surface area (Å²) in [6.07, 6.45) is 6.58. The first kappa shape index (κ1) is 19.9. The van der Waals surface area contributed by atoms with Gasteiger partial charge in [-0.3, -0.25) is 4.79 Å². The van der Waals surface area contributed by atoms with E-state index in [4.69, 9.17) is 9.47 Å². The van der Waals surface area contributed by atoms with Gasteiger partial charge in [-0.1, -0.05) is 24.6 Å². The molecule has 1 saturated heterocycles. The Hall–Kier alpha value is -3.35. The molecule has 0 saturated carbocycles. The Balaban J connectivity index is 1.71. The van der Waals surface area contributed by atoms with Crippen LogP contribution in [0.2, 0.25) is 0 Å². The molecule has 2 aromatic carbocycles. The fourth-order valence-corrected chi connectivity index (χ4v) is 4.12. The molecule has 1 fully saturated rings. The minimum atomic E-state index is -0.113. The molecule has 0 radical (unpaired) electrons. The van der Waals surface area contributed by atoms with Crippen LogP contribution in [0, 0.1) is 0 Å². The lowest BCUT2D eigenvalue weighted by molar-refractivity contribution is -0.133. The van der Waals surface area contributed by atoms with Gasteiger partial charge in [0.1, 0.15) is 11.5 Å². The number of carbonyl (C=O) groups excluding carboxylic acids is 1. The van der Waals surface area contributed by atoms with Crippen molar-refractivity contribution in [3.05, 3.63) is 66.0 Å². The highest BCUT2D eigenvalue weighted by atomic mass is 16.5. The molecule has 0 bridgehead atoms.